The molecule has 2 aliphatic rings. The van der Waals surface area contributed by atoms with Crippen LogP contribution in [0.1, 0.15) is 29.6 Å². The fourth-order valence-corrected chi connectivity index (χ4v) is 3.93. The summed E-state index contributed by atoms with van der Waals surface area (Å²) in [6.07, 6.45) is 1.29. The number of fused-ring (bicyclic) bond motifs is 2. The van der Waals surface area contributed by atoms with Gasteiger partial charge in [-0.3, -0.25) is 4.79 Å². The molecule has 0 atom stereocenters. The summed E-state index contributed by atoms with van der Waals surface area (Å²) in [7, 11) is 0. The molecule has 5 rings (SSSR count). The Bertz CT molecular complexity index is 1380. The Morgan fingerprint density at radius 3 is 2.68 bits per heavy atom. The van der Waals surface area contributed by atoms with E-state index in [2.05, 4.69) is 15.0 Å². The van der Waals surface area contributed by atoms with E-state index in [-0.39, 0.29) is 22.6 Å². The van der Waals surface area contributed by atoms with E-state index in [1.54, 1.807) is 13.0 Å². The number of aromatic nitrogens is 3. The van der Waals surface area contributed by atoms with Gasteiger partial charge in [0.1, 0.15) is 30.0 Å². The second kappa shape index (κ2) is 7.92. The quantitative estimate of drug-likeness (QED) is 0.611. The Kier molecular flexibility index (Phi) is 4.02. The first-order valence-electron chi connectivity index (χ1n) is 12.0. The zero-order valence-electron chi connectivity index (χ0n) is 21.0. The maximum absolute atomic E-state index is 12.6. The van der Waals surface area contributed by atoms with Crippen LogP contribution in [-0.2, 0) is 0 Å². The molecule has 9 heteroatoms. The van der Waals surface area contributed by atoms with Gasteiger partial charge in [-0.25, -0.2) is 4.98 Å². The Labute approximate surface area is 189 Å². The minimum Gasteiger partial charge on any atom is -0.490 e. The molecule has 0 unspecified atom stereocenters. The summed E-state index contributed by atoms with van der Waals surface area (Å²) in [4.78, 5) is 19.0. The minimum atomic E-state index is -2.63. The van der Waals surface area contributed by atoms with E-state index in [0.29, 0.717) is 48.8 Å². The minimum absolute atomic E-state index is 0.0561. The fraction of sp³-hybridized carbons (Fsp3) is 0.409. The van der Waals surface area contributed by atoms with Crippen LogP contribution in [0.5, 0.6) is 17.2 Å². The predicted molar refractivity (Wildman–Crippen MR) is 117 cm³/mol. The molecule has 1 fully saturated rings. The second-order valence-electron chi connectivity index (χ2n) is 7.56. The van der Waals surface area contributed by atoms with Gasteiger partial charge in [0.2, 0.25) is 0 Å². The van der Waals surface area contributed by atoms with Crippen LogP contribution in [0.4, 0.5) is 5.82 Å². The number of benzene rings is 1. The van der Waals surface area contributed by atoms with Crippen LogP contribution in [0.3, 0.4) is 0 Å². The lowest BCUT2D eigenvalue weighted by molar-refractivity contribution is 0.159. The molecule has 0 radical (unpaired) electrons. The molecule has 0 aliphatic carbocycles. The maximum atomic E-state index is 12.6. The Balaban J connectivity index is 1.29. The number of piperidine rings is 1. The molecular formula is C22H23ClN4O4. The summed E-state index contributed by atoms with van der Waals surface area (Å²) in [5.74, 6) is 1.37. The van der Waals surface area contributed by atoms with Crippen molar-refractivity contribution in [3.63, 3.8) is 0 Å². The number of ether oxygens (including phenoxy) is 3. The third-order valence-corrected chi connectivity index (χ3v) is 5.85. The van der Waals surface area contributed by atoms with Crippen molar-refractivity contribution < 1.29 is 19.7 Å². The standard InChI is InChI=1S/C22H23ClN4O4/c1-13-11-19-24-14(2)20(23)22(28)27(19)25-21(13)26-7-5-15(6-8-26)31-16-3-4-17-18(12-16)30-10-9-29-17/h3-4,11-12,15H,5-10H2,1-2H3/i9D2,10D2. The average molecular weight is 447 g/mol. The number of aryl methyl sites for hydroxylation is 2. The summed E-state index contributed by atoms with van der Waals surface area (Å²) in [6.45, 7) is -0.312. The first-order valence-corrected chi connectivity index (χ1v) is 10.3. The molecule has 1 saturated heterocycles. The Morgan fingerprint density at radius 2 is 1.90 bits per heavy atom. The number of halogens is 1. The van der Waals surface area contributed by atoms with Gasteiger partial charge in [-0.15, -0.1) is 5.10 Å². The largest absolute Gasteiger partial charge is 0.490 e. The average Bonchev–Trinajstić information content (AvgIpc) is 2.79. The van der Waals surface area contributed by atoms with Crippen LogP contribution in [0, 0.1) is 13.8 Å². The van der Waals surface area contributed by atoms with E-state index in [1.165, 1.54) is 16.6 Å². The van der Waals surface area contributed by atoms with E-state index in [9.17, 15) is 4.79 Å². The molecule has 31 heavy (non-hydrogen) atoms. The highest BCUT2D eigenvalue weighted by atomic mass is 35.5. The van der Waals surface area contributed by atoms with Gasteiger partial charge >= 0.3 is 0 Å². The number of anilines is 1. The van der Waals surface area contributed by atoms with Crippen molar-refractivity contribution in [3.05, 3.63) is 50.9 Å². The highest BCUT2D eigenvalue weighted by Crippen LogP contribution is 2.34. The Hall–Kier alpha value is -3.00. The van der Waals surface area contributed by atoms with Crippen LogP contribution in [0.15, 0.2) is 29.1 Å². The molecule has 2 aliphatic heterocycles. The molecule has 0 amide bonds. The second-order valence-corrected chi connectivity index (χ2v) is 7.94. The highest BCUT2D eigenvalue weighted by molar-refractivity contribution is 6.31. The number of rotatable bonds is 3. The first-order chi connectivity index (χ1) is 16.4. The van der Waals surface area contributed by atoms with Crippen molar-refractivity contribution in [1.29, 1.82) is 0 Å². The van der Waals surface area contributed by atoms with Gasteiger partial charge in [-0.05, 0) is 37.6 Å². The van der Waals surface area contributed by atoms with Crippen LogP contribution >= 0.6 is 11.6 Å². The lowest BCUT2D eigenvalue weighted by atomic mass is 10.1. The molecule has 0 bridgehead atoms. The molecule has 0 saturated carbocycles. The van der Waals surface area contributed by atoms with Gasteiger partial charge in [-0.1, -0.05) is 11.6 Å². The topological polar surface area (TPSA) is 78.2 Å². The Morgan fingerprint density at radius 1 is 1.16 bits per heavy atom. The lowest BCUT2D eigenvalue weighted by Gasteiger charge is -2.33. The fourth-order valence-electron chi connectivity index (χ4n) is 3.81. The molecule has 0 N–H and O–H groups in total. The van der Waals surface area contributed by atoms with Crippen LogP contribution < -0.4 is 24.7 Å². The molecule has 4 heterocycles. The van der Waals surface area contributed by atoms with Crippen LogP contribution in [0.25, 0.3) is 5.65 Å². The van der Waals surface area contributed by atoms with E-state index < -0.39 is 18.7 Å². The summed E-state index contributed by atoms with van der Waals surface area (Å²) < 4.78 is 48.5. The van der Waals surface area contributed by atoms with E-state index >= 15 is 0 Å². The number of hydrogen-bond donors (Lipinski definition) is 0. The number of hydrogen-bond acceptors (Lipinski definition) is 7. The molecule has 3 aromatic rings. The van der Waals surface area contributed by atoms with Gasteiger partial charge in [0.25, 0.3) is 5.56 Å². The zero-order valence-corrected chi connectivity index (χ0v) is 17.8. The van der Waals surface area contributed by atoms with E-state index in [4.69, 9.17) is 31.3 Å². The van der Waals surface area contributed by atoms with Gasteiger partial charge < -0.3 is 19.1 Å². The summed E-state index contributed by atoms with van der Waals surface area (Å²) in [6, 6.07) is 6.49. The smallest absolute Gasteiger partial charge is 0.293 e. The van der Waals surface area contributed by atoms with Crippen molar-refractivity contribution in [1.82, 2.24) is 14.6 Å². The predicted octanol–water partition coefficient (Wildman–Crippen LogP) is 3.18. The number of nitrogens with zero attached hydrogens (tertiary/aromatic N) is 4. The maximum Gasteiger partial charge on any atom is 0.293 e. The van der Waals surface area contributed by atoms with Crippen molar-refractivity contribution in [2.45, 2.75) is 32.8 Å². The van der Waals surface area contributed by atoms with Crippen LogP contribution in [-0.4, -0.2) is 46.9 Å². The summed E-state index contributed by atoms with van der Waals surface area (Å²) >= 11 is 6.08. The zero-order chi connectivity index (χ0) is 25.1. The van der Waals surface area contributed by atoms with Gasteiger partial charge in [0, 0.05) is 32.0 Å². The summed E-state index contributed by atoms with van der Waals surface area (Å²) in [5, 5.41) is 4.58. The van der Waals surface area contributed by atoms with Crippen molar-refractivity contribution in [2.75, 3.05) is 31.1 Å². The molecule has 0 spiro atoms. The third-order valence-electron chi connectivity index (χ3n) is 5.41. The van der Waals surface area contributed by atoms with Gasteiger partial charge in [0.15, 0.2) is 23.0 Å². The van der Waals surface area contributed by atoms with Gasteiger partial charge in [0.05, 0.1) is 11.2 Å². The lowest BCUT2D eigenvalue weighted by Crippen LogP contribution is -2.39. The van der Waals surface area contributed by atoms with Crippen molar-refractivity contribution >= 4 is 23.1 Å². The monoisotopic (exact) mass is 446 g/mol. The van der Waals surface area contributed by atoms with Crippen LogP contribution in [0.2, 0.25) is 5.02 Å². The molecular weight excluding hydrogens is 420 g/mol. The van der Waals surface area contributed by atoms with Gasteiger partial charge in [-0.2, -0.15) is 4.52 Å². The van der Waals surface area contributed by atoms with Crippen molar-refractivity contribution in [2.24, 2.45) is 0 Å². The molecule has 162 valence electrons. The molecule has 2 aromatic heterocycles. The van der Waals surface area contributed by atoms with E-state index in [0.717, 1.165) is 5.56 Å². The normalized spacial score (nSPS) is 21.7. The first kappa shape index (κ1) is 15.8. The van der Waals surface area contributed by atoms with E-state index in [1.807, 2.05) is 13.0 Å². The highest BCUT2D eigenvalue weighted by Gasteiger charge is 2.24. The third kappa shape index (κ3) is 3.76. The van der Waals surface area contributed by atoms with Crippen molar-refractivity contribution in [3.8, 4) is 17.2 Å². The summed E-state index contributed by atoms with van der Waals surface area (Å²) in [5.41, 5.74) is 1.42. The molecule has 8 nitrogen and oxygen atoms in total. The SMILES string of the molecule is [2H]C1([2H])Oc2ccc(OC3CCN(c4nn5c(=O)c(Cl)c(C)nc5cc4C)CC3)cc2OC1([2H])[2H]. The molecule has 1 aromatic carbocycles.